The number of nitrogens with zero attached hydrogens (tertiary/aromatic N) is 1. The topological polar surface area (TPSA) is 78.5 Å². The Morgan fingerprint density at radius 2 is 1.22 bits per heavy atom. The lowest BCUT2D eigenvalue weighted by atomic mass is 9.90. The van der Waals surface area contributed by atoms with Crippen molar-refractivity contribution in [1.82, 2.24) is 4.90 Å². The Hall–Kier alpha value is -2.37. The molecule has 0 atom stereocenters. The molecule has 6 heteroatoms. The van der Waals surface area contributed by atoms with Crippen LogP contribution in [-0.4, -0.2) is 35.7 Å². The largest absolute Gasteiger partial charge is 0.342 e. The number of amides is 3. The number of likely N-dealkylation sites (tertiary alicyclic amines) is 1. The maximum atomic E-state index is 12.5. The van der Waals surface area contributed by atoms with Crippen molar-refractivity contribution in [3.8, 4) is 0 Å². The highest BCUT2D eigenvalue weighted by Gasteiger charge is 2.32. The average molecular weight is 371 g/mol. The molecule has 27 heavy (non-hydrogen) atoms. The third kappa shape index (κ3) is 5.08. The highest BCUT2D eigenvalue weighted by atomic mass is 16.2. The second kappa shape index (κ2) is 7.71. The van der Waals surface area contributed by atoms with Gasteiger partial charge in [-0.15, -0.1) is 0 Å². The third-order valence-corrected chi connectivity index (χ3v) is 5.16. The molecule has 1 aromatic rings. The van der Waals surface area contributed by atoms with Gasteiger partial charge in [0.05, 0.1) is 0 Å². The van der Waals surface area contributed by atoms with Crippen LogP contribution in [0, 0.1) is 17.3 Å². The molecule has 2 aliphatic rings. The SMILES string of the molecule is CC(C)(C)C(=O)N1CCC(C(=O)Nc2ccc(NC(=O)C3CC3)cc2)CC1. The summed E-state index contributed by atoms with van der Waals surface area (Å²) in [7, 11) is 0. The zero-order valence-electron chi connectivity index (χ0n) is 16.4. The monoisotopic (exact) mass is 371 g/mol. The number of anilines is 2. The maximum absolute atomic E-state index is 12.5. The quantitative estimate of drug-likeness (QED) is 0.853. The molecule has 1 saturated carbocycles. The Morgan fingerprint density at radius 1 is 0.815 bits per heavy atom. The molecule has 2 fully saturated rings. The van der Waals surface area contributed by atoms with Crippen molar-refractivity contribution >= 4 is 29.1 Å². The van der Waals surface area contributed by atoms with E-state index in [0.717, 1.165) is 24.2 Å². The molecular formula is C21H29N3O3. The molecule has 6 nitrogen and oxygen atoms in total. The molecule has 3 rings (SSSR count). The minimum absolute atomic E-state index is 0.00683. The summed E-state index contributed by atoms with van der Waals surface area (Å²) in [5.74, 6) is 0.296. The van der Waals surface area contributed by atoms with Gasteiger partial charge >= 0.3 is 0 Å². The molecule has 146 valence electrons. The molecule has 0 radical (unpaired) electrons. The summed E-state index contributed by atoms with van der Waals surface area (Å²) >= 11 is 0. The zero-order chi connectivity index (χ0) is 19.6. The number of benzene rings is 1. The molecule has 1 saturated heterocycles. The fourth-order valence-electron chi connectivity index (χ4n) is 3.29. The van der Waals surface area contributed by atoms with Crippen LogP contribution in [0.5, 0.6) is 0 Å². The fraction of sp³-hybridized carbons (Fsp3) is 0.571. The van der Waals surface area contributed by atoms with Gasteiger partial charge in [-0.2, -0.15) is 0 Å². The number of nitrogens with one attached hydrogen (secondary N) is 2. The predicted molar refractivity (Wildman–Crippen MR) is 105 cm³/mol. The molecule has 0 spiro atoms. The summed E-state index contributed by atoms with van der Waals surface area (Å²) in [5.41, 5.74) is 1.09. The van der Waals surface area contributed by atoms with E-state index in [-0.39, 0.29) is 35.0 Å². The van der Waals surface area contributed by atoms with Gasteiger partial charge in [0.25, 0.3) is 0 Å². The molecule has 1 aliphatic carbocycles. The summed E-state index contributed by atoms with van der Waals surface area (Å²) in [4.78, 5) is 38.5. The van der Waals surface area contributed by atoms with Crippen molar-refractivity contribution in [2.45, 2.75) is 46.5 Å². The van der Waals surface area contributed by atoms with E-state index < -0.39 is 0 Å². The number of piperidine rings is 1. The van der Waals surface area contributed by atoms with E-state index in [1.54, 1.807) is 24.3 Å². The Balaban J connectivity index is 1.48. The first-order valence-electron chi connectivity index (χ1n) is 9.75. The number of carbonyl (C=O) groups excluding carboxylic acids is 3. The van der Waals surface area contributed by atoms with E-state index >= 15 is 0 Å². The first-order valence-corrected chi connectivity index (χ1v) is 9.75. The van der Waals surface area contributed by atoms with Gasteiger partial charge in [-0.1, -0.05) is 20.8 Å². The summed E-state index contributed by atoms with van der Waals surface area (Å²) < 4.78 is 0. The number of rotatable bonds is 4. The minimum Gasteiger partial charge on any atom is -0.342 e. The van der Waals surface area contributed by atoms with Crippen LogP contribution in [0.3, 0.4) is 0 Å². The van der Waals surface area contributed by atoms with Crippen LogP contribution in [0.25, 0.3) is 0 Å². The smallest absolute Gasteiger partial charge is 0.227 e. The minimum atomic E-state index is -0.383. The Morgan fingerprint density at radius 3 is 1.59 bits per heavy atom. The van der Waals surface area contributed by atoms with Gasteiger partial charge in [-0.3, -0.25) is 14.4 Å². The van der Waals surface area contributed by atoms with Crippen LogP contribution >= 0.6 is 0 Å². The van der Waals surface area contributed by atoms with Gasteiger partial charge in [-0.05, 0) is 49.9 Å². The normalized spacial score (nSPS) is 18.1. The Bertz CT molecular complexity index is 709. The van der Waals surface area contributed by atoms with Crippen molar-refractivity contribution in [2.75, 3.05) is 23.7 Å². The first kappa shape index (κ1) is 19.4. The standard InChI is InChI=1S/C21H29N3O3/c1-21(2,3)20(27)24-12-10-15(11-13-24)19(26)23-17-8-6-16(7-9-17)22-18(25)14-4-5-14/h6-9,14-15H,4-5,10-13H2,1-3H3,(H,22,25)(H,23,26). The summed E-state index contributed by atoms with van der Waals surface area (Å²) in [6, 6.07) is 7.22. The van der Waals surface area contributed by atoms with E-state index in [2.05, 4.69) is 10.6 Å². The van der Waals surface area contributed by atoms with Crippen LogP contribution in [0.15, 0.2) is 24.3 Å². The molecule has 0 unspecified atom stereocenters. The molecule has 1 aromatic carbocycles. The molecule has 0 bridgehead atoms. The van der Waals surface area contributed by atoms with Crippen LogP contribution < -0.4 is 10.6 Å². The predicted octanol–water partition coefficient (Wildman–Crippen LogP) is 3.26. The van der Waals surface area contributed by atoms with E-state index in [9.17, 15) is 14.4 Å². The highest BCUT2D eigenvalue weighted by Crippen LogP contribution is 2.30. The van der Waals surface area contributed by atoms with Crippen molar-refractivity contribution < 1.29 is 14.4 Å². The number of hydrogen-bond donors (Lipinski definition) is 2. The second-order valence-corrected chi connectivity index (χ2v) is 8.65. The molecule has 1 heterocycles. The van der Waals surface area contributed by atoms with Crippen LogP contribution in [0.4, 0.5) is 11.4 Å². The Labute approximate surface area is 160 Å². The van der Waals surface area contributed by atoms with Gasteiger partial charge in [0, 0.05) is 41.7 Å². The maximum Gasteiger partial charge on any atom is 0.227 e. The van der Waals surface area contributed by atoms with Gasteiger partial charge in [-0.25, -0.2) is 0 Å². The molecule has 3 amide bonds. The van der Waals surface area contributed by atoms with E-state index in [1.165, 1.54) is 0 Å². The summed E-state index contributed by atoms with van der Waals surface area (Å²) in [6.07, 6.45) is 3.31. The van der Waals surface area contributed by atoms with E-state index in [0.29, 0.717) is 25.9 Å². The van der Waals surface area contributed by atoms with Crippen molar-refractivity contribution in [3.05, 3.63) is 24.3 Å². The molecule has 0 aromatic heterocycles. The molecular weight excluding hydrogens is 342 g/mol. The van der Waals surface area contributed by atoms with Crippen LogP contribution in [0.2, 0.25) is 0 Å². The van der Waals surface area contributed by atoms with Crippen molar-refractivity contribution in [3.63, 3.8) is 0 Å². The summed E-state index contributed by atoms with van der Waals surface area (Å²) in [6.45, 7) is 7.02. The van der Waals surface area contributed by atoms with Gasteiger partial charge in [0.1, 0.15) is 0 Å². The van der Waals surface area contributed by atoms with E-state index in [4.69, 9.17) is 0 Å². The lowest BCUT2D eigenvalue weighted by Gasteiger charge is -2.35. The van der Waals surface area contributed by atoms with Crippen LogP contribution in [-0.2, 0) is 14.4 Å². The van der Waals surface area contributed by atoms with Crippen molar-refractivity contribution in [1.29, 1.82) is 0 Å². The molecule has 2 N–H and O–H groups in total. The lowest BCUT2D eigenvalue weighted by Crippen LogP contribution is -2.45. The first-order chi connectivity index (χ1) is 12.7. The average Bonchev–Trinajstić information content (AvgIpc) is 3.47. The second-order valence-electron chi connectivity index (χ2n) is 8.65. The highest BCUT2D eigenvalue weighted by molar-refractivity contribution is 5.95. The van der Waals surface area contributed by atoms with E-state index in [1.807, 2.05) is 25.7 Å². The third-order valence-electron chi connectivity index (χ3n) is 5.16. The zero-order valence-corrected chi connectivity index (χ0v) is 16.4. The number of hydrogen-bond acceptors (Lipinski definition) is 3. The van der Waals surface area contributed by atoms with Crippen LogP contribution in [0.1, 0.15) is 46.5 Å². The van der Waals surface area contributed by atoms with Gasteiger partial charge < -0.3 is 15.5 Å². The molecule has 1 aliphatic heterocycles. The van der Waals surface area contributed by atoms with Gasteiger partial charge in [0.15, 0.2) is 0 Å². The van der Waals surface area contributed by atoms with Crippen molar-refractivity contribution in [2.24, 2.45) is 17.3 Å². The van der Waals surface area contributed by atoms with Gasteiger partial charge in [0.2, 0.25) is 17.7 Å². The fourth-order valence-corrected chi connectivity index (χ4v) is 3.29. The Kier molecular flexibility index (Phi) is 5.53. The lowest BCUT2D eigenvalue weighted by molar-refractivity contribution is -0.142. The summed E-state index contributed by atoms with van der Waals surface area (Å²) in [5, 5.41) is 5.83. The number of carbonyl (C=O) groups is 3.